The number of carbonyl (C=O) groups is 1. The first-order valence-corrected chi connectivity index (χ1v) is 9.66. The van der Waals surface area contributed by atoms with Gasteiger partial charge in [-0.2, -0.15) is 11.8 Å². The number of nitrogens with two attached hydrogens (primary N) is 1. The lowest BCUT2D eigenvalue weighted by Gasteiger charge is -2.20. The zero-order chi connectivity index (χ0) is 18.7. The molecule has 1 amide bonds. The predicted molar refractivity (Wildman–Crippen MR) is 106 cm³/mol. The molecule has 0 heterocycles. The number of ether oxygens (including phenoxy) is 1. The van der Waals surface area contributed by atoms with Crippen LogP contribution in [-0.2, 0) is 11.2 Å². The average Bonchev–Trinajstić information content (AvgIpc) is 2.59. The normalized spacial score (nSPS) is 11.9. The van der Waals surface area contributed by atoms with Crippen molar-refractivity contribution in [1.29, 1.82) is 0 Å². The van der Waals surface area contributed by atoms with Crippen LogP contribution in [0, 0.1) is 0 Å². The predicted octanol–water partition coefficient (Wildman–Crippen LogP) is 1.79. The van der Waals surface area contributed by atoms with E-state index in [4.69, 9.17) is 10.5 Å². The Bertz CT molecular complexity index is 559. The summed E-state index contributed by atoms with van der Waals surface area (Å²) in [4.78, 5) is 15.4. The molecule has 6 nitrogen and oxygen atoms in total. The minimum atomic E-state index is -0.479. The second kappa shape index (κ2) is 10.9. The molecule has 0 aliphatic rings. The van der Waals surface area contributed by atoms with E-state index < -0.39 is 5.91 Å². The lowest BCUT2D eigenvalue weighted by Crippen LogP contribution is -2.39. The molecule has 1 rings (SSSR count). The molecule has 1 aromatic carbocycles. The van der Waals surface area contributed by atoms with Gasteiger partial charge >= 0.3 is 0 Å². The van der Waals surface area contributed by atoms with Gasteiger partial charge in [0.25, 0.3) is 5.91 Å². The van der Waals surface area contributed by atoms with Crippen molar-refractivity contribution in [3.8, 4) is 5.75 Å². The number of hydrogen-bond donors (Lipinski definition) is 3. The van der Waals surface area contributed by atoms with Crippen LogP contribution in [0.25, 0.3) is 0 Å². The molecule has 0 spiro atoms. The second-order valence-electron chi connectivity index (χ2n) is 6.23. The Morgan fingerprint density at radius 2 is 1.96 bits per heavy atom. The summed E-state index contributed by atoms with van der Waals surface area (Å²) in [6.45, 7) is 8.70. The summed E-state index contributed by atoms with van der Waals surface area (Å²) in [5.74, 6) is 1.00. The van der Waals surface area contributed by atoms with Crippen LogP contribution in [0.4, 0.5) is 0 Å². The SMILES string of the molecule is CCNC(=NCC(C)(C)SC)NCCc1ccc(OCC(N)=O)cc1. The number of thioether (sulfide) groups is 1. The van der Waals surface area contributed by atoms with Gasteiger partial charge in [-0.25, -0.2) is 0 Å². The zero-order valence-corrected chi connectivity index (χ0v) is 16.4. The van der Waals surface area contributed by atoms with Crippen molar-refractivity contribution in [2.24, 2.45) is 10.7 Å². The first-order valence-electron chi connectivity index (χ1n) is 8.43. The fourth-order valence-electron chi connectivity index (χ4n) is 1.91. The molecule has 0 unspecified atom stereocenters. The summed E-state index contributed by atoms with van der Waals surface area (Å²) < 4.78 is 5.38. The quantitative estimate of drug-likeness (QED) is 0.434. The summed E-state index contributed by atoms with van der Waals surface area (Å²) >= 11 is 1.81. The molecule has 1 aromatic rings. The number of guanidine groups is 1. The summed E-state index contributed by atoms with van der Waals surface area (Å²) in [5.41, 5.74) is 6.24. The van der Waals surface area contributed by atoms with Crippen molar-refractivity contribution in [2.75, 3.05) is 32.5 Å². The second-order valence-corrected chi connectivity index (χ2v) is 7.75. The van der Waals surface area contributed by atoms with Gasteiger partial charge in [0.2, 0.25) is 0 Å². The van der Waals surface area contributed by atoms with E-state index in [9.17, 15) is 4.79 Å². The Kier molecular flexibility index (Phi) is 9.20. The smallest absolute Gasteiger partial charge is 0.255 e. The summed E-state index contributed by atoms with van der Waals surface area (Å²) in [7, 11) is 0. The summed E-state index contributed by atoms with van der Waals surface area (Å²) in [6.07, 6.45) is 2.97. The number of nitrogens with zero attached hydrogens (tertiary/aromatic N) is 1. The van der Waals surface area contributed by atoms with Crippen LogP contribution in [0.1, 0.15) is 26.3 Å². The molecular formula is C18H30N4O2S. The van der Waals surface area contributed by atoms with Gasteiger partial charge in [0.1, 0.15) is 5.75 Å². The van der Waals surface area contributed by atoms with E-state index in [-0.39, 0.29) is 11.4 Å². The highest BCUT2D eigenvalue weighted by Crippen LogP contribution is 2.20. The Balaban J connectivity index is 2.47. The number of primary amides is 1. The van der Waals surface area contributed by atoms with Gasteiger partial charge in [-0.1, -0.05) is 12.1 Å². The van der Waals surface area contributed by atoms with E-state index in [1.165, 1.54) is 5.56 Å². The van der Waals surface area contributed by atoms with Gasteiger partial charge in [-0.05, 0) is 51.1 Å². The van der Waals surface area contributed by atoms with E-state index in [2.05, 4.69) is 42.7 Å². The maximum absolute atomic E-state index is 10.7. The Morgan fingerprint density at radius 3 is 2.52 bits per heavy atom. The van der Waals surface area contributed by atoms with Gasteiger partial charge in [0.15, 0.2) is 12.6 Å². The molecule has 0 saturated heterocycles. The van der Waals surface area contributed by atoms with Crippen molar-refractivity contribution < 1.29 is 9.53 Å². The maximum atomic E-state index is 10.7. The van der Waals surface area contributed by atoms with Crippen LogP contribution in [0.2, 0.25) is 0 Å². The molecule has 0 aliphatic heterocycles. The summed E-state index contributed by atoms with van der Waals surface area (Å²) in [5, 5.41) is 6.63. The molecule has 4 N–H and O–H groups in total. The number of nitrogens with one attached hydrogen (secondary N) is 2. The number of carbonyl (C=O) groups excluding carboxylic acids is 1. The van der Waals surface area contributed by atoms with Gasteiger partial charge < -0.3 is 21.1 Å². The molecular weight excluding hydrogens is 336 g/mol. The monoisotopic (exact) mass is 366 g/mol. The molecule has 0 bridgehead atoms. The molecule has 0 fully saturated rings. The van der Waals surface area contributed by atoms with Crippen molar-refractivity contribution in [3.63, 3.8) is 0 Å². The summed E-state index contributed by atoms with van der Waals surface area (Å²) in [6, 6.07) is 7.66. The first kappa shape index (κ1) is 21.2. The Hall–Kier alpha value is -1.89. The number of hydrogen-bond acceptors (Lipinski definition) is 4. The van der Waals surface area contributed by atoms with Crippen molar-refractivity contribution in [3.05, 3.63) is 29.8 Å². The molecule has 7 heteroatoms. The van der Waals surface area contributed by atoms with Crippen LogP contribution in [0.5, 0.6) is 5.75 Å². The van der Waals surface area contributed by atoms with E-state index in [0.29, 0.717) is 5.75 Å². The Morgan fingerprint density at radius 1 is 1.28 bits per heavy atom. The molecule has 25 heavy (non-hydrogen) atoms. The average molecular weight is 367 g/mol. The van der Waals surface area contributed by atoms with Crippen molar-refractivity contribution >= 4 is 23.6 Å². The zero-order valence-electron chi connectivity index (χ0n) is 15.6. The van der Waals surface area contributed by atoms with Gasteiger partial charge in [-0.3, -0.25) is 9.79 Å². The molecule has 0 aliphatic carbocycles. The third-order valence-electron chi connectivity index (χ3n) is 3.53. The van der Waals surface area contributed by atoms with Crippen LogP contribution in [0.15, 0.2) is 29.3 Å². The maximum Gasteiger partial charge on any atom is 0.255 e. The van der Waals surface area contributed by atoms with Crippen molar-refractivity contribution in [2.45, 2.75) is 31.9 Å². The minimum absolute atomic E-state index is 0.101. The molecule has 0 atom stereocenters. The number of amides is 1. The molecule has 0 radical (unpaired) electrons. The standard InChI is InChI=1S/C18H30N4O2S/c1-5-20-17(22-13-18(2,3)25-4)21-11-10-14-6-8-15(9-7-14)24-12-16(19)23/h6-9H,5,10-13H2,1-4H3,(H2,19,23)(H2,20,21,22). The topological polar surface area (TPSA) is 88.7 Å². The van der Waals surface area contributed by atoms with Gasteiger partial charge in [0.05, 0.1) is 6.54 Å². The number of benzene rings is 1. The number of aliphatic imine (C=N–C) groups is 1. The third kappa shape index (κ3) is 9.24. The van der Waals surface area contributed by atoms with Crippen molar-refractivity contribution in [1.82, 2.24) is 10.6 Å². The van der Waals surface area contributed by atoms with E-state index >= 15 is 0 Å². The van der Waals surface area contributed by atoms with Crippen LogP contribution < -0.4 is 21.1 Å². The van der Waals surface area contributed by atoms with E-state index in [0.717, 1.165) is 32.0 Å². The van der Waals surface area contributed by atoms with Crippen LogP contribution >= 0.6 is 11.8 Å². The highest BCUT2D eigenvalue weighted by atomic mass is 32.2. The lowest BCUT2D eigenvalue weighted by molar-refractivity contribution is -0.119. The fraction of sp³-hybridized carbons (Fsp3) is 0.556. The molecule has 140 valence electrons. The van der Waals surface area contributed by atoms with Crippen LogP contribution in [0.3, 0.4) is 0 Å². The van der Waals surface area contributed by atoms with Gasteiger partial charge in [0, 0.05) is 17.8 Å². The highest BCUT2D eigenvalue weighted by molar-refractivity contribution is 7.99. The first-order chi connectivity index (χ1) is 11.9. The van der Waals surface area contributed by atoms with E-state index in [1.54, 1.807) is 0 Å². The Labute approximate surface area is 155 Å². The molecule has 0 aromatic heterocycles. The van der Waals surface area contributed by atoms with Crippen LogP contribution in [-0.4, -0.2) is 49.1 Å². The third-order valence-corrected chi connectivity index (χ3v) is 4.76. The lowest BCUT2D eigenvalue weighted by atomic mass is 10.1. The largest absolute Gasteiger partial charge is 0.484 e. The fourth-order valence-corrected chi connectivity index (χ4v) is 2.10. The van der Waals surface area contributed by atoms with E-state index in [1.807, 2.05) is 36.0 Å². The highest BCUT2D eigenvalue weighted by Gasteiger charge is 2.15. The number of rotatable bonds is 10. The minimum Gasteiger partial charge on any atom is -0.484 e. The molecule has 0 saturated carbocycles. The van der Waals surface area contributed by atoms with Gasteiger partial charge in [-0.15, -0.1) is 0 Å².